The number of aryl methyl sites for hydroxylation is 2. The van der Waals surface area contributed by atoms with Gasteiger partial charge in [0.2, 0.25) is 0 Å². The monoisotopic (exact) mass is 268 g/mol. The highest BCUT2D eigenvalue weighted by molar-refractivity contribution is 7.12. The number of thiophene rings is 1. The molecule has 0 radical (unpaired) electrons. The quantitative estimate of drug-likeness (QED) is 0.912. The maximum absolute atomic E-state index is 11.9. The second-order valence-corrected chi connectivity index (χ2v) is 5.89. The number of hydrogen-bond acceptors (Lipinski definition) is 4. The van der Waals surface area contributed by atoms with Crippen LogP contribution in [0.2, 0.25) is 0 Å². The van der Waals surface area contributed by atoms with Gasteiger partial charge in [0.1, 0.15) is 6.10 Å². The van der Waals surface area contributed by atoms with E-state index < -0.39 is 0 Å². The molecule has 1 amide bonds. The van der Waals surface area contributed by atoms with Crippen LogP contribution >= 0.6 is 11.3 Å². The van der Waals surface area contributed by atoms with Gasteiger partial charge in [0.25, 0.3) is 0 Å². The molecule has 1 saturated heterocycles. The minimum absolute atomic E-state index is 0.0497. The lowest BCUT2D eigenvalue weighted by atomic mass is 10.2. The van der Waals surface area contributed by atoms with Gasteiger partial charge >= 0.3 is 6.09 Å². The van der Waals surface area contributed by atoms with E-state index in [1.165, 1.54) is 15.3 Å². The Balaban J connectivity index is 2.27. The first kappa shape index (κ1) is 13.4. The van der Waals surface area contributed by atoms with Crippen LogP contribution in [0.5, 0.6) is 0 Å². The second-order valence-electron chi connectivity index (χ2n) is 4.58. The molecule has 2 heterocycles. The first-order valence-corrected chi connectivity index (χ1v) is 7.11. The number of carbonyl (C=O) groups excluding carboxylic acids is 1. The fraction of sp³-hybridized carbons (Fsp3) is 0.615. The highest BCUT2D eigenvalue weighted by Gasteiger charge is 2.34. The first-order chi connectivity index (χ1) is 8.58. The lowest BCUT2D eigenvalue weighted by Crippen LogP contribution is -2.29. The maximum Gasteiger partial charge on any atom is 0.414 e. The van der Waals surface area contributed by atoms with Gasteiger partial charge in [0, 0.05) is 16.3 Å². The molecule has 1 atom stereocenters. The van der Waals surface area contributed by atoms with Crippen molar-refractivity contribution < 1.29 is 9.53 Å². The van der Waals surface area contributed by atoms with Gasteiger partial charge in [-0.05, 0) is 32.9 Å². The molecule has 1 aromatic heterocycles. The van der Waals surface area contributed by atoms with Crippen LogP contribution < -0.4 is 10.2 Å². The molecule has 1 aliphatic rings. The summed E-state index contributed by atoms with van der Waals surface area (Å²) in [6.45, 7) is 7.65. The van der Waals surface area contributed by atoms with Crippen molar-refractivity contribution >= 4 is 23.1 Å². The number of nitrogens with zero attached hydrogens (tertiary/aromatic N) is 1. The summed E-state index contributed by atoms with van der Waals surface area (Å²) in [5.41, 5.74) is 2.28. The first-order valence-electron chi connectivity index (χ1n) is 6.30. The molecule has 100 valence electrons. The molecular weight excluding hydrogens is 248 g/mol. The number of ether oxygens (including phenoxy) is 1. The summed E-state index contributed by atoms with van der Waals surface area (Å²) in [5.74, 6) is 0. The van der Waals surface area contributed by atoms with Gasteiger partial charge in [0.05, 0.1) is 12.2 Å². The highest BCUT2D eigenvalue weighted by Crippen LogP contribution is 2.37. The summed E-state index contributed by atoms with van der Waals surface area (Å²) in [7, 11) is 1.87. The summed E-state index contributed by atoms with van der Waals surface area (Å²) in [4.78, 5) is 16.3. The third-order valence-electron chi connectivity index (χ3n) is 3.28. The van der Waals surface area contributed by atoms with Crippen molar-refractivity contribution in [1.29, 1.82) is 0 Å². The molecule has 1 fully saturated rings. The summed E-state index contributed by atoms with van der Waals surface area (Å²) >= 11 is 1.78. The molecule has 0 unspecified atom stereocenters. The topological polar surface area (TPSA) is 41.6 Å². The third kappa shape index (κ3) is 2.24. The number of cyclic esters (lactones) is 1. The van der Waals surface area contributed by atoms with Crippen molar-refractivity contribution in [3.8, 4) is 0 Å². The highest BCUT2D eigenvalue weighted by atomic mass is 32.1. The van der Waals surface area contributed by atoms with Crippen LogP contribution in [0.3, 0.4) is 0 Å². The summed E-state index contributed by atoms with van der Waals surface area (Å²) in [6, 6.07) is 0. The SMILES string of the molecule is CCc1sc(C)c(N2C[C@H](CNC)OC2=O)c1C. The van der Waals surface area contributed by atoms with E-state index in [1.54, 1.807) is 16.2 Å². The predicted octanol–water partition coefficient (Wildman–Crippen LogP) is 2.47. The van der Waals surface area contributed by atoms with Gasteiger partial charge in [-0.15, -0.1) is 11.3 Å². The van der Waals surface area contributed by atoms with Crippen molar-refractivity contribution in [3.63, 3.8) is 0 Å². The van der Waals surface area contributed by atoms with Gasteiger partial charge in [-0.3, -0.25) is 4.90 Å². The molecule has 4 nitrogen and oxygen atoms in total. The Labute approximate surface area is 112 Å². The van der Waals surface area contributed by atoms with Crippen LogP contribution in [0.4, 0.5) is 10.5 Å². The van der Waals surface area contributed by atoms with Gasteiger partial charge in [0.15, 0.2) is 0 Å². The van der Waals surface area contributed by atoms with Crippen molar-refractivity contribution in [1.82, 2.24) is 5.32 Å². The van der Waals surface area contributed by atoms with E-state index in [2.05, 4.69) is 26.1 Å². The minimum Gasteiger partial charge on any atom is -0.443 e. The average Bonchev–Trinajstić information content (AvgIpc) is 2.80. The Morgan fingerprint density at radius 1 is 1.50 bits per heavy atom. The lowest BCUT2D eigenvalue weighted by Gasteiger charge is -2.14. The minimum atomic E-state index is -0.220. The number of anilines is 1. The fourth-order valence-electron chi connectivity index (χ4n) is 2.47. The Kier molecular flexibility index (Phi) is 3.92. The number of nitrogens with one attached hydrogen (secondary N) is 1. The van der Waals surface area contributed by atoms with Crippen LogP contribution in [0.15, 0.2) is 0 Å². The zero-order valence-corrected chi connectivity index (χ0v) is 12.2. The molecule has 0 bridgehead atoms. The van der Waals surface area contributed by atoms with Gasteiger partial charge in [-0.1, -0.05) is 6.92 Å². The number of likely N-dealkylation sites (N-methyl/N-ethyl adjacent to an activating group) is 1. The van der Waals surface area contributed by atoms with Crippen LogP contribution in [-0.4, -0.2) is 32.3 Å². The van der Waals surface area contributed by atoms with Gasteiger partial charge in [-0.25, -0.2) is 4.79 Å². The number of amides is 1. The van der Waals surface area contributed by atoms with Crippen molar-refractivity contribution in [2.24, 2.45) is 0 Å². The van der Waals surface area contributed by atoms with Crippen LogP contribution in [-0.2, 0) is 11.2 Å². The summed E-state index contributed by atoms with van der Waals surface area (Å²) in [6.07, 6.45) is 0.744. The van der Waals surface area contributed by atoms with Crippen molar-refractivity contribution in [3.05, 3.63) is 15.3 Å². The van der Waals surface area contributed by atoms with E-state index in [9.17, 15) is 4.79 Å². The Hall–Kier alpha value is -1.07. The molecule has 5 heteroatoms. The second kappa shape index (κ2) is 5.28. The molecule has 0 aliphatic carbocycles. The summed E-state index contributed by atoms with van der Waals surface area (Å²) < 4.78 is 5.35. The third-order valence-corrected chi connectivity index (χ3v) is 4.62. The Bertz CT molecular complexity index is 456. The molecule has 2 rings (SSSR count). The molecule has 1 N–H and O–H groups in total. The molecule has 0 saturated carbocycles. The van der Waals surface area contributed by atoms with E-state index in [1.807, 2.05) is 7.05 Å². The van der Waals surface area contributed by atoms with E-state index in [0.717, 1.165) is 12.1 Å². The van der Waals surface area contributed by atoms with Crippen molar-refractivity contribution in [2.45, 2.75) is 33.3 Å². The van der Waals surface area contributed by atoms with Crippen molar-refractivity contribution in [2.75, 3.05) is 25.0 Å². The molecular formula is C13H20N2O2S. The number of rotatable bonds is 4. The van der Waals surface area contributed by atoms with Crippen LogP contribution in [0, 0.1) is 13.8 Å². The van der Waals surface area contributed by atoms with Crippen LogP contribution in [0.25, 0.3) is 0 Å². The predicted molar refractivity (Wildman–Crippen MR) is 74.7 cm³/mol. The van der Waals surface area contributed by atoms with Gasteiger partial charge in [-0.2, -0.15) is 0 Å². The lowest BCUT2D eigenvalue weighted by molar-refractivity contribution is 0.141. The van der Waals surface area contributed by atoms with E-state index in [0.29, 0.717) is 13.1 Å². The molecule has 1 aromatic rings. The largest absolute Gasteiger partial charge is 0.443 e. The Morgan fingerprint density at radius 3 is 2.78 bits per heavy atom. The van der Waals surface area contributed by atoms with Gasteiger partial charge < -0.3 is 10.1 Å². The standard InChI is InChI=1S/C13H20N2O2S/c1-5-11-8(2)12(9(3)18-11)15-7-10(6-14-4)17-13(15)16/h10,14H,5-7H2,1-4H3/t10-/m0/s1. The van der Waals surface area contributed by atoms with E-state index in [4.69, 9.17) is 4.74 Å². The zero-order chi connectivity index (χ0) is 13.3. The fourth-order valence-corrected chi connectivity index (χ4v) is 3.60. The zero-order valence-electron chi connectivity index (χ0n) is 11.4. The normalized spacial score (nSPS) is 19.4. The van der Waals surface area contributed by atoms with E-state index in [-0.39, 0.29) is 12.2 Å². The maximum atomic E-state index is 11.9. The Morgan fingerprint density at radius 2 is 2.22 bits per heavy atom. The molecule has 0 aromatic carbocycles. The summed E-state index contributed by atoms with van der Waals surface area (Å²) in [5, 5.41) is 3.05. The number of carbonyl (C=O) groups is 1. The average molecular weight is 268 g/mol. The molecule has 0 spiro atoms. The number of hydrogen-bond donors (Lipinski definition) is 1. The molecule has 18 heavy (non-hydrogen) atoms. The molecule has 1 aliphatic heterocycles. The van der Waals surface area contributed by atoms with Crippen LogP contribution in [0.1, 0.15) is 22.2 Å². The van der Waals surface area contributed by atoms with E-state index >= 15 is 0 Å². The smallest absolute Gasteiger partial charge is 0.414 e.